The molecule has 4 rings (SSSR count). The van der Waals surface area contributed by atoms with Crippen LogP contribution in [0.5, 0.6) is 0 Å². The molecule has 118 valence electrons. The minimum Gasteiger partial charge on any atom is -0.258 e. The van der Waals surface area contributed by atoms with Crippen LogP contribution in [-0.2, 0) is 12.8 Å². The second-order valence-corrected chi connectivity index (χ2v) is 6.51. The summed E-state index contributed by atoms with van der Waals surface area (Å²) < 4.78 is 0. The Balaban J connectivity index is 1.61. The summed E-state index contributed by atoms with van der Waals surface area (Å²) in [5.74, 6) is 0. The standard InChI is InChI=1S/C18H13N3O2S/c22-21(23)14-8-5-12(6-9-14)11-19-18-20-16-10-7-13-3-1-2-4-15(13)17(16)24-18/h1-6,8-9,11H,7,10H2. The largest absolute Gasteiger partial charge is 0.269 e. The van der Waals surface area contributed by atoms with Crippen molar-refractivity contribution in [3.05, 3.63) is 75.5 Å². The van der Waals surface area contributed by atoms with Crippen LogP contribution < -0.4 is 0 Å². The van der Waals surface area contributed by atoms with Crippen molar-refractivity contribution in [3.8, 4) is 10.4 Å². The van der Waals surface area contributed by atoms with Gasteiger partial charge in [-0.3, -0.25) is 10.1 Å². The van der Waals surface area contributed by atoms with E-state index in [1.165, 1.54) is 28.1 Å². The monoisotopic (exact) mass is 335 g/mol. The number of nitrogens with zero attached hydrogens (tertiary/aromatic N) is 3. The van der Waals surface area contributed by atoms with E-state index in [9.17, 15) is 10.1 Å². The number of rotatable bonds is 3. The van der Waals surface area contributed by atoms with Crippen LogP contribution in [0.3, 0.4) is 0 Å². The van der Waals surface area contributed by atoms with Gasteiger partial charge in [0.1, 0.15) is 0 Å². The predicted octanol–water partition coefficient (Wildman–Crippen LogP) is 4.57. The molecule has 1 heterocycles. The van der Waals surface area contributed by atoms with E-state index in [-0.39, 0.29) is 5.69 Å². The molecule has 1 aliphatic carbocycles. The summed E-state index contributed by atoms with van der Waals surface area (Å²) in [5, 5.41) is 11.4. The highest BCUT2D eigenvalue weighted by Gasteiger charge is 2.19. The molecule has 0 aliphatic heterocycles. The van der Waals surface area contributed by atoms with Crippen LogP contribution in [0.15, 0.2) is 53.5 Å². The van der Waals surface area contributed by atoms with Gasteiger partial charge < -0.3 is 0 Å². The van der Waals surface area contributed by atoms with Crippen molar-refractivity contribution in [2.75, 3.05) is 0 Å². The Morgan fingerprint density at radius 1 is 1.12 bits per heavy atom. The van der Waals surface area contributed by atoms with Gasteiger partial charge >= 0.3 is 0 Å². The van der Waals surface area contributed by atoms with Gasteiger partial charge in [-0.05, 0) is 41.7 Å². The van der Waals surface area contributed by atoms with Crippen LogP contribution in [0, 0.1) is 10.1 Å². The summed E-state index contributed by atoms with van der Waals surface area (Å²) >= 11 is 1.59. The van der Waals surface area contributed by atoms with E-state index >= 15 is 0 Å². The predicted molar refractivity (Wildman–Crippen MR) is 95.3 cm³/mol. The van der Waals surface area contributed by atoms with Gasteiger partial charge in [-0.1, -0.05) is 35.6 Å². The highest BCUT2D eigenvalue weighted by Crippen LogP contribution is 2.40. The van der Waals surface area contributed by atoms with Crippen LogP contribution in [-0.4, -0.2) is 16.1 Å². The Morgan fingerprint density at radius 3 is 2.71 bits per heavy atom. The second-order valence-electron chi connectivity index (χ2n) is 5.54. The topological polar surface area (TPSA) is 68.4 Å². The molecule has 0 atom stereocenters. The van der Waals surface area contributed by atoms with E-state index in [0.717, 1.165) is 29.2 Å². The Kier molecular flexibility index (Phi) is 3.66. The molecule has 6 heteroatoms. The van der Waals surface area contributed by atoms with E-state index in [1.807, 2.05) is 6.07 Å². The van der Waals surface area contributed by atoms with Gasteiger partial charge in [-0.25, -0.2) is 9.98 Å². The third kappa shape index (κ3) is 2.72. The van der Waals surface area contributed by atoms with E-state index in [0.29, 0.717) is 0 Å². The number of nitro groups is 1. The number of aryl methyl sites for hydroxylation is 2. The summed E-state index contributed by atoms with van der Waals surface area (Å²) in [5.41, 5.74) is 4.62. The Hall–Kier alpha value is -2.86. The van der Waals surface area contributed by atoms with Gasteiger partial charge in [0, 0.05) is 18.3 Å². The number of aromatic nitrogens is 1. The molecule has 1 aromatic heterocycles. The van der Waals surface area contributed by atoms with Crippen molar-refractivity contribution >= 4 is 28.4 Å². The third-order valence-electron chi connectivity index (χ3n) is 4.01. The first-order valence-electron chi connectivity index (χ1n) is 7.57. The number of fused-ring (bicyclic) bond motifs is 3. The average molecular weight is 335 g/mol. The second kappa shape index (κ2) is 5.98. The molecule has 2 aromatic carbocycles. The molecular weight excluding hydrogens is 322 g/mol. The fourth-order valence-electron chi connectivity index (χ4n) is 2.80. The summed E-state index contributed by atoms with van der Waals surface area (Å²) in [6, 6.07) is 14.7. The SMILES string of the molecule is O=[N+]([O-])c1ccc(C=Nc2nc3c(s2)-c2ccccc2CC3)cc1. The molecule has 24 heavy (non-hydrogen) atoms. The van der Waals surface area contributed by atoms with Crippen molar-refractivity contribution in [3.63, 3.8) is 0 Å². The maximum absolute atomic E-state index is 10.7. The normalized spacial score (nSPS) is 12.8. The van der Waals surface area contributed by atoms with Crippen LogP contribution in [0.1, 0.15) is 16.8 Å². The molecule has 0 amide bonds. The summed E-state index contributed by atoms with van der Waals surface area (Å²) in [7, 11) is 0. The minimum absolute atomic E-state index is 0.0773. The molecule has 0 spiro atoms. The van der Waals surface area contributed by atoms with E-state index in [4.69, 9.17) is 0 Å². The molecule has 0 saturated carbocycles. The summed E-state index contributed by atoms with van der Waals surface area (Å²) in [6.45, 7) is 0. The van der Waals surface area contributed by atoms with Crippen molar-refractivity contribution < 1.29 is 4.92 Å². The molecule has 1 aliphatic rings. The third-order valence-corrected chi connectivity index (χ3v) is 5.05. The van der Waals surface area contributed by atoms with Crippen molar-refractivity contribution in [1.29, 1.82) is 0 Å². The molecule has 0 unspecified atom stereocenters. The zero-order valence-corrected chi connectivity index (χ0v) is 13.5. The lowest BCUT2D eigenvalue weighted by Crippen LogP contribution is -2.01. The Morgan fingerprint density at radius 2 is 1.92 bits per heavy atom. The highest BCUT2D eigenvalue weighted by atomic mass is 32.1. The zero-order chi connectivity index (χ0) is 16.5. The number of aliphatic imine (C=N–C) groups is 1. The molecule has 0 fully saturated rings. The van der Waals surface area contributed by atoms with Gasteiger partial charge in [0.25, 0.3) is 5.69 Å². The molecule has 3 aromatic rings. The number of nitro benzene ring substituents is 1. The Labute approximate surface area is 142 Å². The van der Waals surface area contributed by atoms with Crippen LogP contribution in [0.25, 0.3) is 10.4 Å². The summed E-state index contributed by atoms with van der Waals surface area (Å²) in [4.78, 5) is 20.5. The Bertz CT molecular complexity index is 945. The quantitative estimate of drug-likeness (QED) is 0.400. The van der Waals surface area contributed by atoms with E-state index in [1.54, 1.807) is 29.7 Å². The minimum atomic E-state index is -0.409. The lowest BCUT2D eigenvalue weighted by molar-refractivity contribution is -0.384. The fourth-order valence-corrected chi connectivity index (χ4v) is 3.82. The zero-order valence-electron chi connectivity index (χ0n) is 12.7. The first kappa shape index (κ1) is 14.7. The fraction of sp³-hybridized carbons (Fsp3) is 0.111. The van der Waals surface area contributed by atoms with Crippen LogP contribution in [0.2, 0.25) is 0 Å². The lowest BCUT2D eigenvalue weighted by atomic mass is 9.94. The first-order chi connectivity index (χ1) is 11.7. The van der Waals surface area contributed by atoms with Gasteiger partial charge in [0.05, 0.1) is 15.5 Å². The van der Waals surface area contributed by atoms with Gasteiger partial charge in [0.15, 0.2) is 0 Å². The van der Waals surface area contributed by atoms with Crippen molar-refractivity contribution in [1.82, 2.24) is 4.98 Å². The van der Waals surface area contributed by atoms with Crippen molar-refractivity contribution in [2.45, 2.75) is 12.8 Å². The van der Waals surface area contributed by atoms with E-state index < -0.39 is 4.92 Å². The number of thiazole rings is 1. The number of non-ortho nitro benzene ring substituents is 1. The number of hydrogen-bond donors (Lipinski definition) is 0. The number of benzene rings is 2. The van der Waals surface area contributed by atoms with Crippen molar-refractivity contribution in [2.24, 2.45) is 4.99 Å². The lowest BCUT2D eigenvalue weighted by Gasteiger charge is -2.13. The van der Waals surface area contributed by atoms with Gasteiger partial charge in [0.2, 0.25) is 5.13 Å². The maximum atomic E-state index is 10.7. The first-order valence-corrected chi connectivity index (χ1v) is 8.39. The van der Waals surface area contributed by atoms with Crippen LogP contribution in [0.4, 0.5) is 10.8 Å². The van der Waals surface area contributed by atoms with E-state index in [2.05, 4.69) is 28.2 Å². The number of hydrogen-bond acceptors (Lipinski definition) is 5. The molecule has 0 radical (unpaired) electrons. The molecule has 5 nitrogen and oxygen atoms in total. The van der Waals surface area contributed by atoms with Gasteiger partial charge in [-0.2, -0.15) is 0 Å². The smallest absolute Gasteiger partial charge is 0.258 e. The van der Waals surface area contributed by atoms with Gasteiger partial charge in [-0.15, -0.1) is 0 Å². The average Bonchev–Trinajstić information content (AvgIpc) is 3.04. The molecule has 0 N–H and O–H groups in total. The molecule has 0 saturated heterocycles. The maximum Gasteiger partial charge on any atom is 0.269 e. The summed E-state index contributed by atoms with van der Waals surface area (Å²) in [6.07, 6.45) is 3.65. The molecule has 0 bridgehead atoms. The highest BCUT2D eigenvalue weighted by molar-refractivity contribution is 7.18. The molecular formula is C18H13N3O2S. The van der Waals surface area contributed by atoms with Crippen LogP contribution >= 0.6 is 11.3 Å².